The molecule has 1 atom stereocenters. The smallest absolute Gasteiger partial charge is 0.305 e. The molecule has 1 heterocycles. The van der Waals surface area contributed by atoms with Crippen LogP contribution in [0.3, 0.4) is 0 Å². The molecule has 20 heavy (non-hydrogen) atoms. The van der Waals surface area contributed by atoms with E-state index in [4.69, 9.17) is 0 Å². The van der Waals surface area contributed by atoms with Crippen LogP contribution in [0.1, 0.15) is 27.8 Å². The highest BCUT2D eigenvalue weighted by Crippen LogP contribution is 2.30. The maximum Gasteiger partial charge on any atom is 0.390 e. The van der Waals surface area contributed by atoms with Gasteiger partial charge in [0.2, 0.25) is 0 Å². The Hall–Kier alpha value is -1.33. The molecule has 1 aromatic heterocycles. The minimum atomic E-state index is -4.18. The Morgan fingerprint density at radius 3 is 2.35 bits per heavy atom. The van der Waals surface area contributed by atoms with Crippen LogP contribution in [0.25, 0.3) is 0 Å². The Morgan fingerprint density at radius 2 is 1.80 bits per heavy atom. The van der Waals surface area contributed by atoms with E-state index in [0.717, 1.165) is 9.75 Å². The molecule has 0 bridgehead atoms. The number of aryl methyl sites for hydroxylation is 1. The fourth-order valence-corrected chi connectivity index (χ4v) is 2.87. The van der Waals surface area contributed by atoms with Gasteiger partial charge in [0.15, 0.2) is 0 Å². The Labute approximate surface area is 120 Å². The molecule has 2 rings (SSSR count). The van der Waals surface area contributed by atoms with E-state index in [1.54, 1.807) is 41.7 Å². The van der Waals surface area contributed by atoms with E-state index in [1.807, 2.05) is 19.1 Å². The lowest BCUT2D eigenvalue weighted by molar-refractivity contribution is -0.140. The third-order valence-electron chi connectivity index (χ3n) is 2.96. The molecular weight excluding hydrogens is 283 g/mol. The summed E-state index contributed by atoms with van der Waals surface area (Å²) in [5.74, 6) is 0. The molecule has 1 N–H and O–H groups in total. The van der Waals surface area contributed by atoms with Crippen molar-refractivity contribution in [1.82, 2.24) is 5.32 Å². The van der Waals surface area contributed by atoms with Gasteiger partial charge in [0.1, 0.15) is 0 Å². The lowest BCUT2D eigenvalue weighted by atomic mass is 10.0. The first-order valence-corrected chi connectivity index (χ1v) is 7.16. The second-order valence-corrected chi connectivity index (χ2v) is 6.05. The predicted octanol–water partition coefficient (Wildman–Crippen LogP) is 4.84. The van der Waals surface area contributed by atoms with Crippen LogP contribution in [0.4, 0.5) is 13.2 Å². The fourth-order valence-electron chi connectivity index (χ4n) is 2.03. The van der Waals surface area contributed by atoms with Crippen LogP contribution in [0.2, 0.25) is 0 Å². The average Bonchev–Trinajstić information content (AvgIpc) is 2.80. The quantitative estimate of drug-likeness (QED) is 0.833. The van der Waals surface area contributed by atoms with Crippen LogP contribution in [0.15, 0.2) is 42.5 Å². The van der Waals surface area contributed by atoms with Crippen molar-refractivity contribution in [3.63, 3.8) is 0 Å². The Kier molecular flexibility index (Phi) is 4.83. The number of thiophene rings is 1. The van der Waals surface area contributed by atoms with E-state index in [0.29, 0.717) is 12.1 Å². The van der Waals surface area contributed by atoms with Crippen LogP contribution in [0.5, 0.6) is 0 Å². The van der Waals surface area contributed by atoms with Crippen LogP contribution in [0, 0.1) is 6.92 Å². The summed E-state index contributed by atoms with van der Waals surface area (Å²) in [6.45, 7) is 2.44. The van der Waals surface area contributed by atoms with Gasteiger partial charge in [-0.3, -0.25) is 0 Å². The van der Waals surface area contributed by atoms with E-state index in [2.05, 4.69) is 5.32 Å². The molecule has 2 aromatic rings. The van der Waals surface area contributed by atoms with Crippen LogP contribution in [-0.4, -0.2) is 6.18 Å². The third kappa shape index (κ3) is 4.65. The molecule has 0 aliphatic heterocycles. The van der Waals surface area contributed by atoms with Crippen LogP contribution in [-0.2, 0) is 6.54 Å². The van der Waals surface area contributed by atoms with Gasteiger partial charge in [-0.05, 0) is 24.6 Å². The number of hydrogen-bond acceptors (Lipinski definition) is 2. The van der Waals surface area contributed by atoms with Gasteiger partial charge in [-0.25, -0.2) is 0 Å². The standard InChI is InChI=1S/C15H16F3NS/c1-11-7-8-13(20-11)10-19-14(9-15(16,17)18)12-5-3-2-4-6-12/h2-8,14,19H,9-10H2,1H3. The normalized spacial score (nSPS) is 13.4. The first-order valence-electron chi connectivity index (χ1n) is 6.34. The molecule has 1 unspecified atom stereocenters. The Morgan fingerprint density at radius 1 is 1.10 bits per heavy atom. The summed E-state index contributed by atoms with van der Waals surface area (Å²) in [7, 11) is 0. The highest BCUT2D eigenvalue weighted by atomic mass is 32.1. The Balaban J connectivity index is 2.07. The minimum Gasteiger partial charge on any atom is -0.305 e. The second-order valence-electron chi connectivity index (χ2n) is 4.68. The van der Waals surface area contributed by atoms with Gasteiger partial charge in [-0.1, -0.05) is 30.3 Å². The number of hydrogen-bond donors (Lipinski definition) is 1. The summed E-state index contributed by atoms with van der Waals surface area (Å²) in [6.07, 6.45) is -5.04. The first-order chi connectivity index (χ1) is 9.44. The van der Waals surface area contributed by atoms with E-state index in [9.17, 15) is 13.2 Å². The minimum absolute atomic E-state index is 0.453. The van der Waals surface area contributed by atoms with Gasteiger partial charge >= 0.3 is 6.18 Å². The maximum atomic E-state index is 12.7. The molecule has 0 aliphatic carbocycles. The van der Waals surface area contributed by atoms with Crippen molar-refractivity contribution in [3.8, 4) is 0 Å². The largest absolute Gasteiger partial charge is 0.390 e. The molecule has 108 valence electrons. The average molecular weight is 299 g/mol. The monoisotopic (exact) mass is 299 g/mol. The van der Waals surface area contributed by atoms with Gasteiger partial charge in [-0.15, -0.1) is 11.3 Å². The van der Waals surface area contributed by atoms with Gasteiger partial charge in [-0.2, -0.15) is 13.2 Å². The zero-order chi connectivity index (χ0) is 14.6. The molecule has 0 amide bonds. The fraction of sp³-hybridized carbons (Fsp3) is 0.333. The zero-order valence-electron chi connectivity index (χ0n) is 11.1. The summed E-state index contributed by atoms with van der Waals surface area (Å²) in [6, 6.07) is 12.0. The molecule has 5 heteroatoms. The molecule has 0 saturated heterocycles. The summed E-state index contributed by atoms with van der Waals surface area (Å²) in [5.41, 5.74) is 0.665. The van der Waals surface area contributed by atoms with Crippen molar-refractivity contribution < 1.29 is 13.2 Å². The molecule has 0 aliphatic rings. The van der Waals surface area contributed by atoms with Gasteiger partial charge in [0.25, 0.3) is 0 Å². The van der Waals surface area contributed by atoms with Gasteiger partial charge in [0, 0.05) is 22.3 Å². The van der Waals surface area contributed by atoms with Crippen LogP contribution >= 0.6 is 11.3 Å². The van der Waals surface area contributed by atoms with E-state index in [-0.39, 0.29) is 0 Å². The predicted molar refractivity (Wildman–Crippen MR) is 75.8 cm³/mol. The highest BCUT2D eigenvalue weighted by Gasteiger charge is 2.32. The highest BCUT2D eigenvalue weighted by molar-refractivity contribution is 7.11. The van der Waals surface area contributed by atoms with Crippen molar-refractivity contribution in [3.05, 3.63) is 57.8 Å². The second kappa shape index (κ2) is 6.41. The lowest BCUT2D eigenvalue weighted by Gasteiger charge is -2.20. The van der Waals surface area contributed by atoms with Crippen molar-refractivity contribution >= 4 is 11.3 Å². The van der Waals surface area contributed by atoms with E-state index < -0.39 is 18.6 Å². The molecular formula is C15H16F3NS. The number of rotatable bonds is 5. The molecule has 1 aromatic carbocycles. The Bertz CT molecular complexity index is 534. The van der Waals surface area contributed by atoms with Crippen molar-refractivity contribution in [2.24, 2.45) is 0 Å². The topological polar surface area (TPSA) is 12.0 Å². The van der Waals surface area contributed by atoms with Crippen LogP contribution < -0.4 is 5.32 Å². The van der Waals surface area contributed by atoms with E-state index in [1.165, 1.54) is 0 Å². The molecule has 0 radical (unpaired) electrons. The first kappa shape index (κ1) is 15.1. The summed E-state index contributed by atoms with van der Waals surface area (Å²) in [5, 5.41) is 3.01. The SMILES string of the molecule is Cc1ccc(CNC(CC(F)(F)F)c2ccccc2)s1. The number of alkyl halides is 3. The summed E-state index contributed by atoms with van der Waals surface area (Å²) in [4.78, 5) is 2.21. The van der Waals surface area contributed by atoms with Crippen molar-refractivity contribution in [1.29, 1.82) is 0 Å². The van der Waals surface area contributed by atoms with Crippen molar-refractivity contribution in [2.75, 3.05) is 0 Å². The van der Waals surface area contributed by atoms with E-state index >= 15 is 0 Å². The number of benzene rings is 1. The van der Waals surface area contributed by atoms with Crippen molar-refractivity contribution in [2.45, 2.75) is 32.1 Å². The van der Waals surface area contributed by atoms with Gasteiger partial charge in [0.05, 0.1) is 6.42 Å². The molecule has 1 nitrogen and oxygen atoms in total. The molecule has 0 fully saturated rings. The maximum absolute atomic E-state index is 12.7. The molecule has 0 saturated carbocycles. The van der Waals surface area contributed by atoms with Gasteiger partial charge < -0.3 is 5.32 Å². The summed E-state index contributed by atoms with van der Waals surface area (Å²) >= 11 is 1.60. The lowest BCUT2D eigenvalue weighted by Crippen LogP contribution is -2.26. The third-order valence-corrected chi connectivity index (χ3v) is 3.96. The summed E-state index contributed by atoms with van der Waals surface area (Å²) < 4.78 is 38.1. The zero-order valence-corrected chi connectivity index (χ0v) is 11.9. The molecule has 0 spiro atoms. The number of halogens is 3. The number of nitrogens with one attached hydrogen (secondary N) is 1.